The number of rotatable bonds is 6. The van der Waals surface area contributed by atoms with E-state index in [0.29, 0.717) is 43.8 Å². The molecule has 2 heterocycles. The number of hydrogen-bond donors (Lipinski definition) is 0. The Morgan fingerprint density at radius 2 is 1.94 bits per heavy atom. The molecule has 5 rings (SSSR count). The van der Waals surface area contributed by atoms with Gasteiger partial charge in [0.15, 0.2) is 0 Å². The SMILES string of the molecule is CCn1c(CN(C)C2CCc3ccccc32)nc2cc(S(=O)(=O)N3CCOCC3)ccc21. The Balaban J connectivity index is 1.44. The van der Waals surface area contributed by atoms with E-state index in [2.05, 4.69) is 47.7 Å². The highest BCUT2D eigenvalue weighted by Crippen LogP contribution is 2.35. The fraction of sp³-hybridized carbons (Fsp3) is 0.458. The first-order valence-corrected chi connectivity index (χ1v) is 12.8. The normalized spacial score (nSPS) is 19.7. The fourth-order valence-electron chi connectivity index (χ4n) is 5.06. The summed E-state index contributed by atoms with van der Waals surface area (Å²) in [5.41, 5.74) is 4.56. The zero-order chi connectivity index (χ0) is 22.3. The minimum Gasteiger partial charge on any atom is -0.379 e. The second-order valence-electron chi connectivity index (χ2n) is 8.61. The van der Waals surface area contributed by atoms with Crippen molar-refractivity contribution in [2.75, 3.05) is 33.4 Å². The quantitative estimate of drug-likeness (QED) is 0.572. The molecule has 32 heavy (non-hydrogen) atoms. The number of morpholine rings is 1. The maximum absolute atomic E-state index is 13.1. The maximum Gasteiger partial charge on any atom is 0.243 e. The Bertz CT molecular complexity index is 1230. The van der Waals surface area contributed by atoms with Gasteiger partial charge in [-0.15, -0.1) is 0 Å². The molecule has 1 aromatic heterocycles. The molecule has 1 aliphatic heterocycles. The number of nitrogens with zero attached hydrogens (tertiary/aromatic N) is 4. The average Bonchev–Trinajstić information content (AvgIpc) is 3.40. The number of sulfonamides is 1. The van der Waals surface area contributed by atoms with Crippen LogP contribution in [-0.2, 0) is 34.3 Å². The highest BCUT2D eigenvalue weighted by Gasteiger charge is 2.28. The minimum absolute atomic E-state index is 0.303. The van der Waals surface area contributed by atoms with Gasteiger partial charge in [-0.1, -0.05) is 24.3 Å². The van der Waals surface area contributed by atoms with Crippen molar-refractivity contribution in [2.45, 2.75) is 43.8 Å². The molecule has 0 spiro atoms. The van der Waals surface area contributed by atoms with Gasteiger partial charge in [-0.2, -0.15) is 4.31 Å². The summed E-state index contributed by atoms with van der Waals surface area (Å²) in [6.07, 6.45) is 2.22. The van der Waals surface area contributed by atoms with Gasteiger partial charge in [-0.3, -0.25) is 4.90 Å². The van der Waals surface area contributed by atoms with Crippen molar-refractivity contribution in [3.63, 3.8) is 0 Å². The third-order valence-electron chi connectivity index (χ3n) is 6.75. The van der Waals surface area contributed by atoms with Gasteiger partial charge in [-0.25, -0.2) is 13.4 Å². The molecule has 2 aliphatic rings. The number of aryl methyl sites for hydroxylation is 2. The van der Waals surface area contributed by atoms with Gasteiger partial charge in [0.1, 0.15) is 5.82 Å². The average molecular weight is 455 g/mol. The Kier molecular flexibility index (Phi) is 5.79. The zero-order valence-electron chi connectivity index (χ0n) is 18.7. The van der Waals surface area contributed by atoms with E-state index in [4.69, 9.17) is 9.72 Å². The molecule has 1 unspecified atom stereocenters. The van der Waals surface area contributed by atoms with Crippen molar-refractivity contribution < 1.29 is 13.2 Å². The van der Waals surface area contributed by atoms with Crippen LogP contribution >= 0.6 is 0 Å². The van der Waals surface area contributed by atoms with E-state index in [1.807, 2.05) is 6.07 Å². The van der Waals surface area contributed by atoms with E-state index in [0.717, 1.165) is 36.2 Å². The summed E-state index contributed by atoms with van der Waals surface area (Å²) in [4.78, 5) is 7.55. The van der Waals surface area contributed by atoms with Crippen LogP contribution in [0.3, 0.4) is 0 Å². The van der Waals surface area contributed by atoms with Crippen LogP contribution < -0.4 is 0 Å². The van der Waals surface area contributed by atoms with Crippen LogP contribution in [0.4, 0.5) is 0 Å². The van der Waals surface area contributed by atoms with E-state index >= 15 is 0 Å². The summed E-state index contributed by atoms with van der Waals surface area (Å²) in [6.45, 7) is 5.27. The molecule has 1 fully saturated rings. The Morgan fingerprint density at radius 1 is 1.16 bits per heavy atom. The van der Waals surface area contributed by atoms with Crippen molar-refractivity contribution in [1.82, 2.24) is 18.8 Å². The number of benzene rings is 2. The zero-order valence-corrected chi connectivity index (χ0v) is 19.5. The first-order valence-electron chi connectivity index (χ1n) is 11.3. The van der Waals surface area contributed by atoms with E-state index < -0.39 is 10.0 Å². The predicted octanol–water partition coefficient (Wildman–Crippen LogP) is 3.20. The van der Waals surface area contributed by atoms with Crippen LogP contribution in [0.1, 0.15) is 36.3 Å². The second kappa shape index (κ2) is 8.59. The van der Waals surface area contributed by atoms with Crippen LogP contribution in [0.25, 0.3) is 11.0 Å². The molecule has 1 atom stereocenters. The van der Waals surface area contributed by atoms with E-state index in [1.54, 1.807) is 12.1 Å². The van der Waals surface area contributed by atoms with Gasteiger partial charge in [0.25, 0.3) is 0 Å². The number of imidazole rings is 1. The number of hydrogen-bond acceptors (Lipinski definition) is 5. The molecule has 0 amide bonds. The molecular weight excluding hydrogens is 424 g/mol. The Morgan fingerprint density at radius 3 is 2.72 bits per heavy atom. The molecule has 0 bridgehead atoms. The van der Waals surface area contributed by atoms with Gasteiger partial charge >= 0.3 is 0 Å². The molecule has 3 aromatic rings. The minimum atomic E-state index is -3.54. The summed E-state index contributed by atoms with van der Waals surface area (Å²) >= 11 is 0. The Hall–Kier alpha value is -2.26. The number of fused-ring (bicyclic) bond motifs is 2. The van der Waals surface area contributed by atoms with Crippen LogP contribution in [0, 0.1) is 0 Å². The molecule has 170 valence electrons. The predicted molar refractivity (Wildman–Crippen MR) is 124 cm³/mol. The first kappa shape index (κ1) is 21.6. The molecule has 7 nitrogen and oxygen atoms in total. The second-order valence-corrected chi connectivity index (χ2v) is 10.5. The van der Waals surface area contributed by atoms with Crippen LogP contribution in [0.2, 0.25) is 0 Å². The van der Waals surface area contributed by atoms with Crippen molar-refractivity contribution in [3.8, 4) is 0 Å². The third kappa shape index (κ3) is 3.75. The lowest BCUT2D eigenvalue weighted by atomic mass is 10.1. The van der Waals surface area contributed by atoms with Crippen molar-refractivity contribution >= 4 is 21.1 Å². The maximum atomic E-state index is 13.1. The third-order valence-corrected chi connectivity index (χ3v) is 8.64. The molecule has 1 aliphatic carbocycles. The van der Waals surface area contributed by atoms with E-state index in [1.165, 1.54) is 15.4 Å². The summed E-state index contributed by atoms with van der Waals surface area (Å²) in [6, 6.07) is 14.4. The molecular formula is C24H30N4O3S. The van der Waals surface area contributed by atoms with Gasteiger partial charge in [0, 0.05) is 25.7 Å². The summed E-state index contributed by atoms with van der Waals surface area (Å²) in [7, 11) is -1.39. The van der Waals surface area contributed by atoms with Crippen molar-refractivity contribution in [3.05, 3.63) is 59.4 Å². The van der Waals surface area contributed by atoms with Crippen molar-refractivity contribution in [2.24, 2.45) is 0 Å². The summed E-state index contributed by atoms with van der Waals surface area (Å²) < 4.78 is 35.2. The Labute approximate surface area is 189 Å². The topological polar surface area (TPSA) is 67.7 Å². The molecule has 0 saturated carbocycles. The molecule has 1 saturated heterocycles. The lowest BCUT2D eigenvalue weighted by molar-refractivity contribution is 0.0730. The molecule has 2 aromatic carbocycles. The largest absolute Gasteiger partial charge is 0.379 e. The molecule has 0 radical (unpaired) electrons. The van der Waals surface area contributed by atoms with Crippen LogP contribution in [0.5, 0.6) is 0 Å². The number of aromatic nitrogens is 2. The van der Waals surface area contributed by atoms with E-state index in [-0.39, 0.29) is 0 Å². The summed E-state index contributed by atoms with van der Waals surface area (Å²) in [5, 5.41) is 0. The number of ether oxygens (including phenoxy) is 1. The van der Waals surface area contributed by atoms with Gasteiger partial charge in [0.05, 0.1) is 35.7 Å². The van der Waals surface area contributed by atoms with Crippen LogP contribution in [-0.4, -0.2) is 60.5 Å². The van der Waals surface area contributed by atoms with Crippen LogP contribution in [0.15, 0.2) is 47.4 Å². The monoisotopic (exact) mass is 454 g/mol. The molecule has 0 N–H and O–H groups in total. The highest BCUT2D eigenvalue weighted by atomic mass is 32.2. The van der Waals surface area contributed by atoms with E-state index in [9.17, 15) is 8.42 Å². The fourth-order valence-corrected chi connectivity index (χ4v) is 6.48. The van der Waals surface area contributed by atoms with Gasteiger partial charge in [-0.05, 0) is 56.1 Å². The standard InChI is InChI=1S/C24H30N4O3S/c1-3-28-23-11-9-19(32(29,30)27-12-14-31-15-13-27)16-21(23)25-24(28)17-26(2)22-10-8-18-6-4-5-7-20(18)22/h4-7,9,11,16,22H,3,8,10,12-15,17H2,1-2H3. The smallest absolute Gasteiger partial charge is 0.243 e. The molecule has 8 heteroatoms. The highest BCUT2D eigenvalue weighted by molar-refractivity contribution is 7.89. The lowest BCUT2D eigenvalue weighted by Crippen LogP contribution is -2.40. The first-order chi connectivity index (χ1) is 15.5. The lowest BCUT2D eigenvalue weighted by Gasteiger charge is -2.26. The van der Waals surface area contributed by atoms with Gasteiger partial charge < -0.3 is 9.30 Å². The summed E-state index contributed by atoms with van der Waals surface area (Å²) in [5.74, 6) is 0.968. The van der Waals surface area contributed by atoms with Crippen molar-refractivity contribution in [1.29, 1.82) is 0 Å². The van der Waals surface area contributed by atoms with Gasteiger partial charge in [0.2, 0.25) is 10.0 Å².